The summed E-state index contributed by atoms with van der Waals surface area (Å²) < 4.78 is 0. The van der Waals surface area contributed by atoms with Gasteiger partial charge < -0.3 is 15.5 Å². The predicted octanol–water partition coefficient (Wildman–Crippen LogP) is 0.379. The van der Waals surface area contributed by atoms with Crippen molar-refractivity contribution >= 4 is 12.0 Å². The minimum atomic E-state index is -1.16. The molecule has 1 aromatic carbocycles. The van der Waals surface area contributed by atoms with Crippen molar-refractivity contribution in [3.63, 3.8) is 0 Å². The lowest BCUT2D eigenvalue weighted by atomic mass is 9.96. The summed E-state index contributed by atoms with van der Waals surface area (Å²) >= 11 is 0. The maximum absolute atomic E-state index is 12.0. The van der Waals surface area contributed by atoms with Gasteiger partial charge in [-0.3, -0.25) is 9.69 Å². The standard InChI is InChI=1S/C16H19N5O4/c1-10(22)12-7-17-21(19-12)9-13-14(15(23)18-13)20(16(24)25)8-11-5-3-2-4-6-11/h2-7,10,13-14,22H,8-9H2,1H3,(H,18,23)(H,24,25)/t10?,13-,14-/m0/s1. The molecular weight excluding hydrogens is 326 g/mol. The molecule has 0 aliphatic carbocycles. The lowest BCUT2D eigenvalue weighted by Gasteiger charge is -2.42. The fraction of sp³-hybridized carbons (Fsp3) is 0.375. The number of aliphatic hydroxyl groups excluding tert-OH is 1. The Bertz CT molecular complexity index is 761. The Hall–Kier alpha value is -2.94. The Balaban J connectivity index is 1.73. The van der Waals surface area contributed by atoms with Crippen LogP contribution in [0, 0.1) is 0 Å². The SMILES string of the molecule is CC(O)c1cnn(C[C@@H]2NC(=O)[C@H]2N(Cc2ccccc2)C(=O)O)n1. The Labute approximate surface area is 143 Å². The van der Waals surface area contributed by atoms with E-state index in [0.29, 0.717) is 5.69 Å². The lowest BCUT2D eigenvalue weighted by Crippen LogP contribution is -2.70. The molecule has 0 spiro atoms. The molecule has 0 saturated carbocycles. The van der Waals surface area contributed by atoms with Crippen LogP contribution in [0.3, 0.4) is 0 Å². The molecule has 1 unspecified atom stereocenters. The number of aliphatic hydroxyl groups is 1. The molecule has 0 bridgehead atoms. The van der Waals surface area contributed by atoms with Crippen LogP contribution >= 0.6 is 0 Å². The van der Waals surface area contributed by atoms with E-state index in [1.165, 1.54) is 11.0 Å². The van der Waals surface area contributed by atoms with E-state index >= 15 is 0 Å². The van der Waals surface area contributed by atoms with Crippen LogP contribution in [0.4, 0.5) is 4.79 Å². The van der Waals surface area contributed by atoms with Gasteiger partial charge in [-0.15, -0.1) is 0 Å². The van der Waals surface area contributed by atoms with E-state index in [1.54, 1.807) is 6.92 Å². The maximum atomic E-state index is 12.0. The smallest absolute Gasteiger partial charge is 0.408 e. The van der Waals surface area contributed by atoms with Gasteiger partial charge in [0.15, 0.2) is 0 Å². The van der Waals surface area contributed by atoms with Gasteiger partial charge in [-0.1, -0.05) is 30.3 Å². The van der Waals surface area contributed by atoms with Crippen LogP contribution in [0.2, 0.25) is 0 Å². The fourth-order valence-electron chi connectivity index (χ4n) is 2.77. The van der Waals surface area contributed by atoms with Crippen molar-refractivity contribution in [1.82, 2.24) is 25.2 Å². The average Bonchev–Trinajstić information content (AvgIpc) is 3.03. The van der Waals surface area contributed by atoms with Crippen LogP contribution in [-0.4, -0.2) is 54.2 Å². The Kier molecular flexibility index (Phi) is 4.66. The largest absolute Gasteiger partial charge is 0.465 e. The van der Waals surface area contributed by atoms with Crippen molar-refractivity contribution in [3.8, 4) is 0 Å². The summed E-state index contributed by atoms with van der Waals surface area (Å²) in [6, 6.07) is 7.87. The van der Waals surface area contributed by atoms with Crippen LogP contribution in [0.15, 0.2) is 36.5 Å². The summed E-state index contributed by atoms with van der Waals surface area (Å²) in [5.74, 6) is -0.341. The number of hydrogen-bond donors (Lipinski definition) is 3. The molecule has 3 N–H and O–H groups in total. The first kappa shape index (κ1) is 16.9. The van der Waals surface area contributed by atoms with Crippen LogP contribution in [0.1, 0.15) is 24.3 Å². The van der Waals surface area contributed by atoms with Gasteiger partial charge in [0.25, 0.3) is 0 Å². The van der Waals surface area contributed by atoms with Crippen LogP contribution in [-0.2, 0) is 17.9 Å². The molecule has 2 amide bonds. The monoisotopic (exact) mass is 345 g/mol. The van der Waals surface area contributed by atoms with Gasteiger partial charge in [0.2, 0.25) is 5.91 Å². The highest BCUT2D eigenvalue weighted by Crippen LogP contribution is 2.19. The molecule has 25 heavy (non-hydrogen) atoms. The lowest BCUT2D eigenvalue weighted by molar-refractivity contribution is -0.137. The molecule has 2 heterocycles. The van der Waals surface area contributed by atoms with E-state index in [-0.39, 0.29) is 19.0 Å². The maximum Gasteiger partial charge on any atom is 0.408 e. The fourth-order valence-corrected chi connectivity index (χ4v) is 2.77. The normalized spacial score (nSPS) is 20.5. The average molecular weight is 345 g/mol. The zero-order chi connectivity index (χ0) is 18.0. The second-order valence-electron chi connectivity index (χ2n) is 5.96. The highest BCUT2D eigenvalue weighted by molar-refractivity contribution is 5.92. The molecule has 1 fully saturated rings. The quantitative estimate of drug-likeness (QED) is 0.651. The van der Waals surface area contributed by atoms with E-state index in [1.807, 2.05) is 30.3 Å². The molecule has 3 atom stereocenters. The number of carboxylic acid groups (broad SMARTS) is 1. The zero-order valence-electron chi connectivity index (χ0n) is 13.6. The summed E-state index contributed by atoms with van der Waals surface area (Å²) in [4.78, 5) is 26.1. The molecular formula is C16H19N5O4. The van der Waals surface area contributed by atoms with Gasteiger partial charge in [0.1, 0.15) is 11.7 Å². The van der Waals surface area contributed by atoms with Crippen molar-refractivity contribution in [2.45, 2.75) is 38.2 Å². The molecule has 9 nitrogen and oxygen atoms in total. The topological polar surface area (TPSA) is 121 Å². The summed E-state index contributed by atoms with van der Waals surface area (Å²) in [5.41, 5.74) is 1.22. The number of rotatable bonds is 6. The van der Waals surface area contributed by atoms with E-state index in [4.69, 9.17) is 0 Å². The van der Waals surface area contributed by atoms with E-state index in [0.717, 1.165) is 10.5 Å². The molecule has 3 rings (SSSR count). The second-order valence-corrected chi connectivity index (χ2v) is 5.96. The van der Waals surface area contributed by atoms with Crippen molar-refractivity contribution in [2.24, 2.45) is 0 Å². The number of nitrogens with one attached hydrogen (secondary N) is 1. The van der Waals surface area contributed by atoms with Gasteiger partial charge in [0.05, 0.1) is 24.9 Å². The number of nitrogens with zero attached hydrogens (tertiary/aromatic N) is 4. The molecule has 0 radical (unpaired) electrons. The predicted molar refractivity (Wildman–Crippen MR) is 86.4 cm³/mol. The molecule has 1 aromatic heterocycles. The Morgan fingerprint density at radius 3 is 2.68 bits per heavy atom. The minimum Gasteiger partial charge on any atom is -0.465 e. The molecule has 1 aliphatic rings. The van der Waals surface area contributed by atoms with Crippen LogP contribution < -0.4 is 5.32 Å². The van der Waals surface area contributed by atoms with Crippen molar-refractivity contribution < 1.29 is 19.8 Å². The number of benzene rings is 1. The van der Waals surface area contributed by atoms with Gasteiger partial charge in [0, 0.05) is 6.54 Å². The number of carbonyl (C=O) groups excluding carboxylic acids is 1. The third kappa shape index (κ3) is 3.61. The van der Waals surface area contributed by atoms with Crippen LogP contribution in [0.5, 0.6) is 0 Å². The number of hydrogen-bond acceptors (Lipinski definition) is 5. The molecule has 1 saturated heterocycles. The number of aromatic nitrogens is 3. The van der Waals surface area contributed by atoms with Gasteiger partial charge in [-0.25, -0.2) is 4.79 Å². The Morgan fingerprint density at radius 1 is 1.40 bits per heavy atom. The summed E-state index contributed by atoms with van der Waals surface area (Å²) in [7, 11) is 0. The first-order chi connectivity index (χ1) is 12.0. The second kappa shape index (κ2) is 6.89. The van der Waals surface area contributed by atoms with Crippen LogP contribution in [0.25, 0.3) is 0 Å². The van der Waals surface area contributed by atoms with Crippen molar-refractivity contribution in [2.75, 3.05) is 0 Å². The third-order valence-electron chi connectivity index (χ3n) is 4.10. The molecule has 1 aliphatic heterocycles. The van der Waals surface area contributed by atoms with Crippen molar-refractivity contribution in [1.29, 1.82) is 0 Å². The highest BCUT2D eigenvalue weighted by atomic mass is 16.4. The summed E-state index contributed by atoms with van der Waals surface area (Å²) in [5, 5.41) is 29.9. The number of β-lactam (4-membered cyclic amide) rings is 1. The molecule has 9 heteroatoms. The van der Waals surface area contributed by atoms with E-state index in [2.05, 4.69) is 15.5 Å². The third-order valence-corrected chi connectivity index (χ3v) is 4.10. The first-order valence-electron chi connectivity index (χ1n) is 7.87. The zero-order valence-corrected chi connectivity index (χ0v) is 13.6. The number of amides is 2. The van der Waals surface area contributed by atoms with Gasteiger partial charge in [-0.2, -0.15) is 15.0 Å². The van der Waals surface area contributed by atoms with Gasteiger partial charge in [-0.05, 0) is 12.5 Å². The Morgan fingerprint density at radius 2 is 2.12 bits per heavy atom. The molecule has 132 valence electrons. The van der Waals surface area contributed by atoms with E-state index in [9.17, 15) is 19.8 Å². The van der Waals surface area contributed by atoms with E-state index < -0.39 is 24.3 Å². The number of carbonyl (C=O) groups is 2. The summed E-state index contributed by atoms with van der Waals surface area (Å²) in [6.45, 7) is 1.92. The summed E-state index contributed by atoms with van der Waals surface area (Å²) in [6.07, 6.45) is -0.458. The highest BCUT2D eigenvalue weighted by Gasteiger charge is 2.46. The minimum absolute atomic E-state index is 0.121. The molecule has 2 aromatic rings. The van der Waals surface area contributed by atoms with Crippen molar-refractivity contribution in [3.05, 3.63) is 47.8 Å². The first-order valence-corrected chi connectivity index (χ1v) is 7.87. The van der Waals surface area contributed by atoms with Gasteiger partial charge >= 0.3 is 6.09 Å².